The van der Waals surface area contributed by atoms with Gasteiger partial charge in [0.15, 0.2) is 0 Å². The average Bonchev–Trinajstić information content (AvgIpc) is 2.33. The van der Waals surface area contributed by atoms with E-state index in [0.29, 0.717) is 0 Å². The van der Waals surface area contributed by atoms with E-state index in [1.54, 1.807) is 0 Å². The van der Waals surface area contributed by atoms with Crippen LogP contribution in [0.15, 0.2) is 30.3 Å². The van der Waals surface area contributed by atoms with Crippen LogP contribution in [0.5, 0.6) is 0 Å². The molecule has 0 aliphatic carbocycles. The van der Waals surface area contributed by atoms with Crippen molar-refractivity contribution in [2.24, 2.45) is 0 Å². The maximum absolute atomic E-state index is 13.4. The number of aromatic carboxylic acids is 1. The molecule has 0 aliphatic rings. The second kappa shape index (κ2) is 5.19. The van der Waals surface area contributed by atoms with Gasteiger partial charge in [0.2, 0.25) is 0 Å². The van der Waals surface area contributed by atoms with Crippen LogP contribution in [0.3, 0.4) is 0 Å². The summed E-state index contributed by atoms with van der Waals surface area (Å²) < 4.78 is 26.8. The standard InChI is InChI=1S/C12H7ClF2N2O2/c13-9-4-6(12(18)19)5-10(16-9)17-11-7(14)2-1-3-8(11)15/h1-5H,(H,16,17)(H,18,19). The molecule has 0 aliphatic heterocycles. The lowest BCUT2D eigenvalue weighted by Gasteiger charge is -2.08. The van der Waals surface area contributed by atoms with Crippen molar-refractivity contribution in [2.75, 3.05) is 5.32 Å². The number of carboxylic acids is 1. The first kappa shape index (κ1) is 13.2. The minimum atomic E-state index is -1.22. The molecule has 0 spiro atoms. The normalized spacial score (nSPS) is 10.3. The van der Waals surface area contributed by atoms with Crippen LogP contribution in [0.4, 0.5) is 20.3 Å². The highest BCUT2D eigenvalue weighted by molar-refractivity contribution is 6.29. The summed E-state index contributed by atoms with van der Waals surface area (Å²) >= 11 is 5.64. The lowest BCUT2D eigenvalue weighted by molar-refractivity contribution is 0.0697. The molecular weight excluding hydrogens is 278 g/mol. The molecule has 98 valence electrons. The summed E-state index contributed by atoms with van der Waals surface area (Å²) in [6, 6.07) is 5.60. The molecule has 0 radical (unpaired) electrons. The van der Waals surface area contributed by atoms with Crippen molar-refractivity contribution in [2.45, 2.75) is 0 Å². The number of hydrogen-bond acceptors (Lipinski definition) is 3. The first-order chi connectivity index (χ1) is 8.97. The Balaban J connectivity index is 2.41. The Kier molecular flexibility index (Phi) is 3.62. The van der Waals surface area contributed by atoms with Crippen LogP contribution in [-0.4, -0.2) is 16.1 Å². The van der Waals surface area contributed by atoms with Crippen LogP contribution in [0.2, 0.25) is 5.15 Å². The van der Waals surface area contributed by atoms with E-state index in [0.717, 1.165) is 24.3 Å². The zero-order valence-electron chi connectivity index (χ0n) is 9.32. The number of rotatable bonds is 3. The minimum Gasteiger partial charge on any atom is -0.478 e. The van der Waals surface area contributed by atoms with Gasteiger partial charge in [-0.15, -0.1) is 0 Å². The van der Waals surface area contributed by atoms with Gasteiger partial charge in [0, 0.05) is 0 Å². The average molecular weight is 285 g/mol. The first-order valence-electron chi connectivity index (χ1n) is 5.09. The number of pyridine rings is 1. The van der Waals surface area contributed by atoms with E-state index in [9.17, 15) is 13.6 Å². The second-order valence-electron chi connectivity index (χ2n) is 3.59. The summed E-state index contributed by atoms with van der Waals surface area (Å²) in [5, 5.41) is 11.1. The van der Waals surface area contributed by atoms with E-state index in [-0.39, 0.29) is 16.5 Å². The van der Waals surface area contributed by atoms with E-state index in [1.165, 1.54) is 6.07 Å². The minimum absolute atomic E-state index is 0.0612. The lowest BCUT2D eigenvalue weighted by Crippen LogP contribution is -2.03. The Morgan fingerprint density at radius 2 is 1.89 bits per heavy atom. The Hall–Kier alpha value is -2.21. The Bertz CT molecular complexity index is 629. The van der Waals surface area contributed by atoms with Gasteiger partial charge in [0.25, 0.3) is 0 Å². The van der Waals surface area contributed by atoms with Gasteiger partial charge in [-0.25, -0.2) is 18.6 Å². The fraction of sp³-hybridized carbons (Fsp3) is 0. The molecule has 4 nitrogen and oxygen atoms in total. The van der Waals surface area contributed by atoms with Gasteiger partial charge in [-0.05, 0) is 24.3 Å². The number of benzene rings is 1. The van der Waals surface area contributed by atoms with Gasteiger partial charge in [-0.1, -0.05) is 17.7 Å². The van der Waals surface area contributed by atoms with Crippen molar-refractivity contribution in [1.82, 2.24) is 4.98 Å². The molecule has 2 rings (SSSR count). The van der Waals surface area contributed by atoms with E-state index >= 15 is 0 Å². The predicted molar refractivity (Wildman–Crippen MR) is 65.8 cm³/mol. The van der Waals surface area contributed by atoms with Gasteiger partial charge >= 0.3 is 5.97 Å². The summed E-state index contributed by atoms with van der Waals surface area (Å²) in [6.45, 7) is 0. The Labute approximate surface area is 111 Å². The third-order valence-electron chi connectivity index (χ3n) is 2.26. The Morgan fingerprint density at radius 3 is 2.47 bits per heavy atom. The van der Waals surface area contributed by atoms with Crippen molar-refractivity contribution >= 4 is 29.1 Å². The van der Waals surface area contributed by atoms with Crippen LogP contribution < -0.4 is 5.32 Å². The van der Waals surface area contributed by atoms with Crippen LogP contribution >= 0.6 is 11.6 Å². The largest absolute Gasteiger partial charge is 0.478 e. The molecule has 0 atom stereocenters. The van der Waals surface area contributed by atoms with Crippen LogP contribution in [0.1, 0.15) is 10.4 Å². The summed E-state index contributed by atoms with van der Waals surface area (Å²) in [4.78, 5) is 14.6. The number of nitrogens with one attached hydrogen (secondary N) is 1. The second-order valence-corrected chi connectivity index (χ2v) is 3.98. The molecule has 19 heavy (non-hydrogen) atoms. The summed E-state index contributed by atoms with van der Waals surface area (Å²) in [5.41, 5.74) is -0.562. The number of hydrogen-bond donors (Lipinski definition) is 2. The molecule has 1 heterocycles. The molecule has 0 unspecified atom stereocenters. The van der Waals surface area contributed by atoms with Crippen molar-refractivity contribution in [3.05, 3.63) is 52.7 Å². The van der Waals surface area contributed by atoms with Crippen LogP contribution in [-0.2, 0) is 0 Å². The van der Waals surface area contributed by atoms with Crippen LogP contribution in [0.25, 0.3) is 0 Å². The predicted octanol–water partition coefficient (Wildman–Crippen LogP) is 3.46. The van der Waals surface area contributed by atoms with E-state index < -0.39 is 23.3 Å². The molecule has 0 bridgehead atoms. The number of carboxylic acid groups (broad SMARTS) is 1. The third kappa shape index (κ3) is 2.97. The quantitative estimate of drug-likeness (QED) is 0.847. The molecule has 0 amide bonds. The van der Waals surface area contributed by atoms with Crippen molar-refractivity contribution in [1.29, 1.82) is 0 Å². The first-order valence-corrected chi connectivity index (χ1v) is 5.47. The molecule has 2 N–H and O–H groups in total. The van der Waals surface area contributed by atoms with Crippen molar-refractivity contribution < 1.29 is 18.7 Å². The summed E-state index contributed by atoms with van der Waals surface area (Å²) in [5.74, 6) is -2.92. The monoisotopic (exact) mass is 284 g/mol. The summed E-state index contributed by atoms with van der Waals surface area (Å²) in [7, 11) is 0. The number of halogens is 3. The lowest BCUT2D eigenvalue weighted by atomic mass is 10.2. The van der Waals surface area contributed by atoms with E-state index in [2.05, 4.69) is 10.3 Å². The number of carbonyl (C=O) groups is 1. The maximum Gasteiger partial charge on any atom is 0.335 e. The third-order valence-corrected chi connectivity index (χ3v) is 2.45. The zero-order valence-corrected chi connectivity index (χ0v) is 10.1. The molecule has 1 aromatic heterocycles. The number of aromatic nitrogens is 1. The topological polar surface area (TPSA) is 62.2 Å². The van der Waals surface area contributed by atoms with Crippen molar-refractivity contribution in [3.8, 4) is 0 Å². The van der Waals surface area contributed by atoms with Gasteiger partial charge in [-0.2, -0.15) is 0 Å². The molecule has 2 aromatic rings. The number of para-hydroxylation sites is 1. The van der Waals surface area contributed by atoms with Crippen LogP contribution in [0, 0.1) is 11.6 Å². The molecular formula is C12H7ClF2N2O2. The fourth-order valence-corrected chi connectivity index (χ4v) is 1.64. The summed E-state index contributed by atoms with van der Waals surface area (Å²) in [6.07, 6.45) is 0. The molecule has 7 heteroatoms. The highest BCUT2D eigenvalue weighted by atomic mass is 35.5. The van der Waals surface area contributed by atoms with Gasteiger partial charge in [0.05, 0.1) is 5.56 Å². The van der Waals surface area contributed by atoms with E-state index in [1.807, 2.05) is 0 Å². The van der Waals surface area contributed by atoms with Crippen molar-refractivity contribution in [3.63, 3.8) is 0 Å². The Morgan fingerprint density at radius 1 is 1.26 bits per heavy atom. The van der Waals surface area contributed by atoms with E-state index in [4.69, 9.17) is 16.7 Å². The SMILES string of the molecule is O=C(O)c1cc(Cl)nc(Nc2c(F)cccc2F)c1. The molecule has 0 fully saturated rings. The maximum atomic E-state index is 13.4. The molecule has 0 saturated heterocycles. The number of nitrogens with zero attached hydrogens (tertiary/aromatic N) is 1. The van der Waals surface area contributed by atoms with Gasteiger partial charge in [-0.3, -0.25) is 0 Å². The number of anilines is 2. The van der Waals surface area contributed by atoms with Gasteiger partial charge < -0.3 is 10.4 Å². The molecule has 1 aromatic carbocycles. The van der Waals surface area contributed by atoms with Gasteiger partial charge in [0.1, 0.15) is 28.3 Å². The molecule has 0 saturated carbocycles. The highest BCUT2D eigenvalue weighted by Crippen LogP contribution is 2.23. The smallest absolute Gasteiger partial charge is 0.335 e. The fourth-order valence-electron chi connectivity index (χ4n) is 1.43. The zero-order chi connectivity index (χ0) is 14.0. The highest BCUT2D eigenvalue weighted by Gasteiger charge is 2.12.